The molecule has 2 heterocycles. The number of rotatable bonds is 0. The summed E-state index contributed by atoms with van der Waals surface area (Å²) in [4.78, 5) is 2.87. The zero-order chi connectivity index (χ0) is 8.65. The van der Waals surface area contributed by atoms with Gasteiger partial charge in [0.1, 0.15) is 0 Å². The van der Waals surface area contributed by atoms with E-state index in [1.165, 1.54) is 18.2 Å². The summed E-state index contributed by atoms with van der Waals surface area (Å²) in [5, 5.41) is 3.19. The maximum Gasteiger partial charge on any atom is 0.0418 e. The van der Waals surface area contributed by atoms with E-state index in [-0.39, 0.29) is 0 Å². The summed E-state index contributed by atoms with van der Waals surface area (Å²) in [6, 6.07) is 3.69. The zero-order valence-electron chi connectivity index (χ0n) is 6.75. The van der Waals surface area contributed by atoms with Gasteiger partial charge in [0.05, 0.1) is 0 Å². The van der Waals surface area contributed by atoms with E-state index >= 15 is 0 Å². The molecule has 4 heteroatoms. The lowest BCUT2D eigenvalue weighted by Gasteiger charge is -1.75. The zero-order valence-corrected chi connectivity index (χ0v) is 8.38. The number of hydrogen-bond acceptors (Lipinski definition) is 3. The topological polar surface area (TPSA) is 27.8 Å². The molecule has 1 fully saturated rings. The summed E-state index contributed by atoms with van der Waals surface area (Å²) >= 11 is 6.76. The molecule has 2 rings (SSSR count). The average molecular weight is 200 g/mol. The fourth-order valence-electron chi connectivity index (χ4n) is 0.732. The van der Waals surface area contributed by atoms with E-state index in [4.69, 9.17) is 12.2 Å². The van der Waals surface area contributed by atoms with Gasteiger partial charge in [-0.1, -0.05) is 12.2 Å². The van der Waals surface area contributed by atoms with E-state index in [0.717, 1.165) is 4.51 Å². The van der Waals surface area contributed by atoms with Crippen LogP contribution in [-0.4, -0.2) is 23.2 Å². The van der Waals surface area contributed by atoms with Crippen molar-refractivity contribution in [3.05, 3.63) is 29.0 Å². The first kappa shape index (κ1) is 9.77. The van der Waals surface area contributed by atoms with Gasteiger partial charge in [0.2, 0.25) is 0 Å². The van der Waals surface area contributed by atoms with Gasteiger partial charge in [0, 0.05) is 35.1 Å². The maximum absolute atomic E-state index is 4.79. The third kappa shape index (κ3) is 4.54. The number of hydrogen-bond donors (Lipinski definition) is 2. The number of pyridine rings is 1. The average Bonchev–Trinajstić information content (AvgIpc) is 2.62. The molecule has 0 amide bonds. The SMILES string of the molecule is C1CSCN1.S=c1cc[nH]cc1. The molecular weight excluding hydrogens is 188 g/mol. The van der Waals surface area contributed by atoms with Crippen LogP contribution in [0.15, 0.2) is 24.5 Å². The van der Waals surface area contributed by atoms with Crippen molar-refractivity contribution in [1.82, 2.24) is 10.3 Å². The highest BCUT2D eigenvalue weighted by atomic mass is 32.2. The van der Waals surface area contributed by atoms with Crippen molar-refractivity contribution >= 4 is 24.0 Å². The van der Waals surface area contributed by atoms with Crippen LogP contribution >= 0.6 is 24.0 Å². The van der Waals surface area contributed by atoms with Gasteiger partial charge in [0.15, 0.2) is 0 Å². The standard InChI is InChI=1S/C5H5NS.C3H7NS/c7-5-1-3-6-4-2-5;1-2-5-3-4-1/h1-4H,(H,6,7);4H,1-3H2. The lowest BCUT2D eigenvalue weighted by atomic mass is 10.5. The molecular formula is C8H12N2S2. The number of H-pyrrole nitrogens is 1. The van der Waals surface area contributed by atoms with Crippen LogP contribution in [0.1, 0.15) is 0 Å². The Balaban J connectivity index is 0.000000127. The van der Waals surface area contributed by atoms with Gasteiger partial charge in [-0.3, -0.25) is 0 Å². The fraction of sp³-hybridized carbons (Fsp3) is 0.375. The van der Waals surface area contributed by atoms with Crippen LogP contribution in [0.3, 0.4) is 0 Å². The van der Waals surface area contributed by atoms with Gasteiger partial charge in [0.25, 0.3) is 0 Å². The predicted molar refractivity (Wildman–Crippen MR) is 57.0 cm³/mol. The third-order valence-electron chi connectivity index (χ3n) is 1.31. The van der Waals surface area contributed by atoms with E-state index < -0.39 is 0 Å². The summed E-state index contributed by atoms with van der Waals surface area (Å²) in [7, 11) is 0. The monoisotopic (exact) mass is 200 g/mol. The van der Waals surface area contributed by atoms with Crippen molar-refractivity contribution in [3.63, 3.8) is 0 Å². The van der Waals surface area contributed by atoms with E-state index in [0.29, 0.717) is 0 Å². The van der Waals surface area contributed by atoms with Crippen molar-refractivity contribution in [2.24, 2.45) is 0 Å². The van der Waals surface area contributed by atoms with Crippen LogP contribution < -0.4 is 5.32 Å². The Bertz CT molecular complexity index is 230. The number of aromatic amines is 1. The van der Waals surface area contributed by atoms with Crippen LogP contribution in [0.2, 0.25) is 0 Å². The van der Waals surface area contributed by atoms with Crippen molar-refractivity contribution in [3.8, 4) is 0 Å². The van der Waals surface area contributed by atoms with Crippen LogP contribution in [-0.2, 0) is 0 Å². The molecule has 1 aromatic rings. The van der Waals surface area contributed by atoms with Crippen LogP contribution in [0.5, 0.6) is 0 Å². The molecule has 2 N–H and O–H groups in total. The van der Waals surface area contributed by atoms with Crippen LogP contribution in [0.4, 0.5) is 0 Å². The van der Waals surface area contributed by atoms with Crippen molar-refractivity contribution in [1.29, 1.82) is 0 Å². The molecule has 1 aliphatic rings. The second-order valence-corrected chi connectivity index (χ2v) is 3.86. The van der Waals surface area contributed by atoms with Crippen molar-refractivity contribution in [2.45, 2.75) is 0 Å². The molecule has 0 radical (unpaired) electrons. The Morgan fingerprint density at radius 2 is 2.08 bits per heavy atom. The van der Waals surface area contributed by atoms with E-state index in [1.807, 2.05) is 36.3 Å². The van der Waals surface area contributed by atoms with Gasteiger partial charge in [-0.05, 0) is 12.1 Å². The van der Waals surface area contributed by atoms with Gasteiger partial charge in [-0.25, -0.2) is 0 Å². The van der Waals surface area contributed by atoms with Crippen molar-refractivity contribution in [2.75, 3.05) is 18.2 Å². The highest BCUT2D eigenvalue weighted by Gasteiger charge is 1.93. The first-order valence-electron chi connectivity index (χ1n) is 3.81. The van der Waals surface area contributed by atoms with E-state index in [9.17, 15) is 0 Å². The molecule has 12 heavy (non-hydrogen) atoms. The number of thioether (sulfide) groups is 1. The summed E-state index contributed by atoms with van der Waals surface area (Å²) in [6.45, 7) is 1.21. The van der Waals surface area contributed by atoms with Gasteiger partial charge >= 0.3 is 0 Å². The summed E-state index contributed by atoms with van der Waals surface area (Å²) in [5.74, 6) is 2.47. The van der Waals surface area contributed by atoms with Gasteiger partial charge < -0.3 is 10.3 Å². The molecule has 0 saturated carbocycles. The molecule has 66 valence electrons. The van der Waals surface area contributed by atoms with Crippen molar-refractivity contribution < 1.29 is 0 Å². The quantitative estimate of drug-likeness (QED) is 0.628. The molecule has 1 saturated heterocycles. The smallest absolute Gasteiger partial charge is 0.0418 e. The first-order valence-corrected chi connectivity index (χ1v) is 5.37. The first-order chi connectivity index (χ1) is 5.89. The molecule has 0 unspecified atom stereocenters. The molecule has 0 aromatic carbocycles. The van der Waals surface area contributed by atoms with Gasteiger partial charge in [-0.15, -0.1) is 11.8 Å². The Labute approximate surface area is 81.8 Å². The highest BCUT2D eigenvalue weighted by Crippen LogP contribution is 1.99. The fourth-order valence-corrected chi connectivity index (χ4v) is 1.59. The Hall–Kier alpha value is -0.320. The molecule has 0 aliphatic carbocycles. The number of aromatic nitrogens is 1. The second-order valence-electron chi connectivity index (χ2n) is 2.29. The molecule has 0 bridgehead atoms. The Kier molecular flexibility index (Phi) is 5.07. The lowest BCUT2D eigenvalue weighted by molar-refractivity contribution is 0.885. The molecule has 1 aromatic heterocycles. The van der Waals surface area contributed by atoms with E-state index in [1.54, 1.807) is 0 Å². The van der Waals surface area contributed by atoms with Crippen LogP contribution in [0, 0.1) is 4.51 Å². The number of nitrogens with one attached hydrogen (secondary N) is 2. The second kappa shape index (κ2) is 6.22. The molecule has 1 aliphatic heterocycles. The van der Waals surface area contributed by atoms with Gasteiger partial charge in [-0.2, -0.15) is 0 Å². The molecule has 0 atom stereocenters. The minimum absolute atomic E-state index is 0.874. The summed E-state index contributed by atoms with van der Waals surface area (Å²) < 4.78 is 0.874. The molecule has 0 spiro atoms. The minimum atomic E-state index is 0.874. The highest BCUT2D eigenvalue weighted by molar-refractivity contribution is 7.99. The van der Waals surface area contributed by atoms with E-state index in [2.05, 4.69) is 10.3 Å². The largest absolute Gasteiger partial charge is 0.368 e. The Morgan fingerprint density at radius 1 is 1.33 bits per heavy atom. The maximum atomic E-state index is 4.79. The lowest BCUT2D eigenvalue weighted by Crippen LogP contribution is -2.04. The predicted octanol–water partition coefficient (Wildman–Crippen LogP) is 2.02. The summed E-state index contributed by atoms with van der Waals surface area (Å²) in [6.07, 6.45) is 3.62. The normalized spacial score (nSPS) is 15.0. The third-order valence-corrected chi connectivity index (χ3v) is 2.49. The Morgan fingerprint density at radius 3 is 2.33 bits per heavy atom. The summed E-state index contributed by atoms with van der Waals surface area (Å²) in [5.41, 5.74) is 0. The molecule has 2 nitrogen and oxygen atoms in total. The minimum Gasteiger partial charge on any atom is -0.368 e. The van der Waals surface area contributed by atoms with Crippen LogP contribution in [0.25, 0.3) is 0 Å².